The van der Waals surface area contributed by atoms with E-state index in [2.05, 4.69) is 29.2 Å². The van der Waals surface area contributed by atoms with Crippen LogP contribution in [0.3, 0.4) is 0 Å². The quantitative estimate of drug-likeness (QED) is 0.614. The third-order valence-corrected chi connectivity index (χ3v) is 3.44. The zero-order valence-electron chi connectivity index (χ0n) is 8.98. The molecule has 0 amide bonds. The summed E-state index contributed by atoms with van der Waals surface area (Å²) in [6.07, 6.45) is 0. The minimum absolute atomic E-state index is 1.13. The number of nitrogens with two attached hydrogens (primary N) is 1. The van der Waals surface area contributed by atoms with Crippen molar-refractivity contribution in [1.82, 2.24) is 0 Å². The Hall–Kier alpha value is -0.710. The van der Waals surface area contributed by atoms with Crippen LogP contribution in [0, 0.1) is 0 Å². The minimum Gasteiger partial charge on any atom is -0.370 e. The largest absolute Gasteiger partial charge is 0.370 e. The molecule has 0 aliphatic carbocycles. The summed E-state index contributed by atoms with van der Waals surface area (Å²) >= 11 is 2.03. The predicted octanol–water partition coefficient (Wildman–Crippen LogP) is 0.996. The van der Waals surface area contributed by atoms with Crippen molar-refractivity contribution in [2.24, 2.45) is 0 Å². The Morgan fingerprint density at radius 3 is 2.87 bits per heavy atom. The van der Waals surface area contributed by atoms with Gasteiger partial charge in [-0.3, -0.25) is 0 Å². The average Bonchev–Trinajstić information content (AvgIpc) is 2.31. The van der Waals surface area contributed by atoms with Crippen molar-refractivity contribution in [3.05, 3.63) is 24.3 Å². The fourth-order valence-electron chi connectivity index (χ4n) is 1.75. The summed E-state index contributed by atoms with van der Waals surface area (Å²) in [6, 6.07) is 8.50. The Bertz CT molecular complexity index is 313. The number of hydrogen-bond acceptors (Lipinski definition) is 3. The van der Waals surface area contributed by atoms with Crippen molar-refractivity contribution >= 4 is 23.1 Å². The second kappa shape index (κ2) is 5.39. The Kier molecular flexibility index (Phi) is 3.88. The van der Waals surface area contributed by atoms with Gasteiger partial charge in [0.25, 0.3) is 0 Å². The molecule has 0 radical (unpaired) electrons. The van der Waals surface area contributed by atoms with Gasteiger partial charge in [-0.15, -0.1) is 0 Å². The van der Waals surface area contributed by atoms with Crippen LogP contribution in [0.25, 0.3) is 0 Å². The Morgan fingerprint density at radius 2 is 2.13 bits per heavy atom. The minimum atomic E-state index is 1.13. The lowest BCUT2D eigenvalue weighted by molar-refractivity contribution is -0.830. The molecule has 1 aliphatic heterocycles. The Morgan fingerprint density at radius 1 is 1.33 bits per heavy atom. The lowest BCUT2D eigenvalue weighted by Gasteiger charge is -2.28. The van der Waals surface area contributed by atoms with Crippen molar-refractivity contribution in [2.45, 2.75) is 0 Å². The van der Waals surface area contributed by atoms with E-state index in [1.165, 1.54) is 17.2 Å². The predicted molar refractivity (Wildman–Crippen MR) is 64.6 cm³/mol. The standard InChI is InChI=1S/C11H16N2OS/c1-14-12-10-3-2-4-11(9-10)13-5-7-15-8-6-13/h2-4,9,12H,5-8H2,1H3/p+1. The summed E-state index contributed by atoms with van der Waals surface area (Å²) in [5, 5.41) is 0. The number of hydrogen-bond donors (Lipinski definition) is 1. The molecule has 15 heavy (non-hydrogen) atoms. The van der Waals surface area contributed by atoms with Gasteiger partial charge in [0.15, 0.2) is 5.69 Å². The van der Waals surface area contributed by atoms with Crippen molar-refractivity contribution in [3.63, 3.8) is 0 Å². The first kappa shape index (κ1) is 10.8. The van der Waals surface area contributed by atoms with E-state index in [9.17, 15) is 0 Å². The van der Waals surface area contributed by atoms with Crippen LogP contribution in [0.4, 0.5) is 11.4 Å². The molecule has 1 aromatic rings. The summed E-state index contributed by atoms with van der Waals surface area (Å²) in [6.45, 7) is 2.31. The second-order valence-electron chi connectivity index (χ2n) is 3.55. The van der Waals surface area contributed by atoms with Crippen LogP contribution in [0.1, 0.15) is 0 Å². The summed E-state index contributed by atoms with van der Waals surface area (Å²) < 4.78 is 0. The van der Waals surface area contributed by atoms with Crippen LogP contribution in [-0.4, -0.2) is 31.7 Å². The topological polar surface area (TPSA) is 29.1 Å². The molecule has 1 heterocycles. The Labute approximate surface area is 94.8 Å². The molecule has 3 nitrogen and oxygen atoms in total. The monoisotopic (exact) mass is 225 g/mol. The third kappa shape index (κ3) is 2.87. The van der Waals surface area contributed by atoms with Gasteiger partial charge >= 0.3 is 0 Å². The summed E-state index contributed by atoms with van der Waals surface area (Å²) in [5.41, 5.74) is 4.22. The van der Waals surface area contributed by atoms with Crippen molar-refractivity contribution in [2.75, 3.05) is 36.6 Å². The Balaban J connectivity index is 2.09. The molecule has 4 heteroatoms. The first-order valence-electron chi connectivity index (χ1n) is 5.19. The zero-order valence-corrected chi connectivity index (χ0v) is 9.80. The third-order valence-electron chi connectivity index (χ3n) is 2.50. The zero-order chi connectivity index (χ0) is 10.5. The highest BCUT2D eigenvalue weighted by Gasteiger charge is 2.11. The lowest BCUT2D eigenvalue weighted by Crippen LogP contribution is -2.75. The van der Waals surface area contributed by atoms with Gasteiger partial charge in [-0.05, 0) is 6.07 Å². The highest BCUT2D eigenvalue weighted by Crippen LogP contribution is 2.20. The maximum atomic E-state index is 5.02. The maximum Gasteiger partial charge on any atom is 0.164 e. The number of anilines is 1. The molecule has 0 saturated carbocycles. The van der Waals surface area contributed by atoms with E-state index in [0.717, 1.165) is 18.8 Å². The molecule has 2 N–H and O–H groups in total. The van der Waals surface area contributed by atoms with Crippen molar-refractivity contribution < 1.29 is 10.3 Å². The maximum absolute atomic E-state index is 5.02. The molecule has 2 rings (SSSR count). The molecule has 1 aromatic carbocycles. The van der Waals surface area contributed by atoms with Gasteiger partial charge < -0.3 is 4.90 Å². The van der Waals surface area contributed by atoms with E-state index < -0.39 is 0 Å². The van der Waals surface area contributed by atoms with E-state index in [4.69, 9.17) is 4.84 Å². The van der Waals surface area contributed by atoms with Gasteiger partial charge in [0, 0.05) is 42.4 Å². The van der Waals surface area contributed by atoms with Gasteiger partial charge in [0.1, 0.15) is 0 Å². The fourth-order valence-corrected chi connectivity index (χ4v) is 2.66. The molecule has 0 aromatic heterocycles. The summed E-state index contributed by atoms with van der Waals surface area (Å²) in [5.74, 6) is 2.47. The van der Waals surface area contributed by atoms with Gasteiger partial charge in [0.2, 0.25) is 0 Å². The first-order chi connectivity index (χ1) is 7.40. The van der Waals surface area contributed by atoms with Crippen LogP contribution in [0.5, 0.6) is 0 Å². The highest BCUT2D eigenvalue weighted by atomic mass is 32.2. The molecule has 1 fully saturated rings. The van der Waals surface area contributed by atoms with E-state index in [0.29, 0.717) is 0 Å². The molecule has 0 bridgehead atoms. The van der Waals surface area contributed by atoms with Crippen molar-refractivity contribution in [3.8, 4) is 0 Å². The first-order valence-corrected chi connectivity index (χ1v) is 6.34. The molecule has 82 valence electrons. The molecule has 0 unspecified atom stereocenters. The molecular weight excluding hydrogens is 208 g/mol. The number of nitrogens with zero attached hydrogens (tertiary/aromatic N) is 1. The number of quaternary nitrogens is 1. The SMILES string of the molecule is CO[NH2+]c1cccc(N2CCSCC2)c1. The molecule has 1 aliphatic rings. The molecule has 1 saturated heterocycles. The van der Waals surface area contributed by atoms with Crippen LogP contribution in [-0.2, 0) is 4.84 Å². The van der Waals surface area contributed by atoms with E-state index in [1.54, 1.807) is 12.6 Å². The van der Waals surface area contributed by atoms with E-state index >= 15 is 0 Å². The van der Waals surface area contributed by atoms with Gasteiger partial charge in [-0.25, -0.2) is 4.84 Å². The van der Waals surface area contributed by atoms with Crippen LogP contribution in [0.15, 0.2) is 24.3 Å². The number of rotatable bonds is 3. The number of benzene rings is 1. The van der Waals surface area contributed by atoms with Gasteiger partial charge in [-0.2, -0.15) is 17.2 Å². The highest BCUT2D eigenvalue weighted by molar-refractivity contribution is 7.99. The summed E-state index contributed by atoms with van der Waals surface area (Å²) in [7, 11) is 1.68. The van der Waals surface area contributed by atoms with Crippen LogP contribution >= 0.6 is 11.8 Å². The average molecular weight is 225 g/mol. The van der Waals surface area contributed by atoms with Crippen LogP contribution in [0.2, 0.25) is 0 Å². The van der Waals surface area contributed by atoms with Gasteiger partial charge in [-0.1, -0.05) is 6.07 Å². The molecular formula is C11H17N2OS+. The molecule has 0 atom stereocenters. The number of thioether (sulfide) groups is 1. The normalized spacial score (nSPS) is 16.7. The second-order valence-corrected chi connectivity index (χ2v) is 4.77. The van der Waals surface area contributed by atoms with Crippen LogP contribution < -0.4 is 10.4 Å². The van der Waals surface area contributed by atoms with E-state index in [-0.39, 0.29) is 0 Å². The van der Waals surface area contributed by atoms with Gasteiger partial charge in [0.05, 0.1) is 7.11 Å². The van der Waals surface area contributed by atoms with E-state index in [1.807, 2.05) is 11.8 Å². The lowest BCUT2D eigenvalue weighted by atomic mass is 10.2. The molecule has 0 spiro atoms. The van der Waals surface area contributed by atoms with Crippen molar-refractivity contribution in [1.29, 1.82) is 0 Å². The summed E-state index contributed by atoms with van der Waals surface area (Å²) in [4.78, 5) is 7.46. The fraction of sp³-hybridized carbons (Fsp3) is 0.455. The smallest absolute Gasteiger partial charge is 0.164 e.